The molecule has 0 bridgehead atoms. The third kappa shape index (κ3) is 2.45. The summed E-state index contributed by atoms with van der Waals surface area (Å²) in [6.07, 6.45) is 0.00154. The van der Waals surface area contributed by atoms with E-state index in [1.807, 2.05) is 0 Å². The maximum Gasteiger partial charge on any atom is 0.244 e. The molecule has 1 aromatic rings. The van der Waals surface area contributed by atoms with Gasteiger partial charge < -0.3 is 11.1 Å². The number of amides is 2. The van der Waals surface area contributed by atoms with Crippen LogP contribution in [0.1, 0.15) is 12.0 Å². The van der Waals surface area contributed by atoms with Crippen molar-refractivity contribution >= 4 is 17.5 Å². The van der Waals surface area contributed by atoms with Crippen molar-refractivity contribution in [3.8, 4) is 0 Å². The van der Waals surface area contributed by atoms with Crippen LogP contribution in [0.3, 0.4) is 0 Å². The minimum Gasteiger partial charge on any atom is -0.398 e. The lowest BCUT2D eigenvalue weighted by Gasteiger charge is -2.11. The number of benzene rings is 1. The van der Waals surface area contributed by atoms with Crippen LogP contribution in [-0.2, 0) is 16.1 Å². The highest BCUT2D eigenvalue weighted by molar-refractivity contribution is 6.05. The number of anilines is 1. The first-order valence-corrected chi connectivity index (χ1v) is 5.28. The topological polar surface area (TPSA) is 84.2 Å². The summed E-state index contributed by atoms with van der Waals surface area (Å²) in [5.74, 6) is -2.39. The maximum atomic E-state index is 13.4. The van der Waals surface area contributed by atoms with E-state index in [2.05, 4.69) is 10.6 Å². The zero-order chi connectivity index (χ0) is 13.3. The summed E-state index contributed by atoms with van der Waals surface area (Å²) in [7, 11) is 0. The molecule has 1 aliphatic heterocycles. The van der Waals surface area contributed by atoms with E-state index >= 15 is 0 Å². The van der Waals surface area contributed by atoms with Crippen LogP contribution in [0.15, 0.2) is 12.1 Å². The van der Waals surface area contributed by atoms with E-state index in [9.17, 15) is 18.4 Å². The van der Waals surface area contributed by atoms with Gasteiger partial charge in [-0.05, 0) is 6.07 Å². The van der Waals surface area contributed by atoms with Crippen molar-refractivity contribution in [1.29, 1.82) is 0 Å². The van der Waals surface area contributed by atoms with Crippen molar-refractivity contribution in [1.82, 2.24) is 10.6 Å². The standard InChI is InChI=1S/C11H11F2N3O2/c12-5-1-7(13)6(8(14)2-5)4-15-9-3-10(17)16-11(9)18/h1-2,9,15H,3-4,14H2,(H,16,17,18). The Hall–Kier alpha value is -2.02. The molecule has 2 amide bonds. The predicted molar refractivity (Wildman–Crippen MR) is 59.2 cm³/mol. The number of nitrogen functional groups attached to an aromatic ring is 1. The van der Waals surface area contributed by atoms with Crippen molar-refractivity contribution in [3.05, 3.63) is 29.3 Å². The molecule has 18 heavy (non-hydrogen) atoms. The number of hydrogen-bond donors (Lipinski definition) is 3. The molecular formula is C11H11F2N3O2. The van der Waals surface area contributed by atoms with Crippen molar-refractivity contribution < 1.29 is 18.4 Å². The summed E-state index contributed by atoms with van der Waals surface area (Å²) in [4.78, 5) is 22.2. The van der Waals surface area contributed by atoms with Gasteiger partial charge in [0.05, 0.1) is 12.5 Å². The second-order valence-corrected chi connectivity index (χ2v) is 4.01. The fraction of sp³-hybridized carbons (Fsp3) is 0.273. The lowest BCUT2D eigenvalue weighted by Crippen LogP contribution is -2.36. The minimum atomic E-state index is -0.787. The molecule has 1 saturated heterocycles. The van der Waals surface area contributed by atoms with Crippen molar-refractivity contribution in [3.63, 3.8) is 0 Å². The third-order valence-corrected chi connectivity index (χ3v) is 2.69. The van der Waals surface area contributed by atoms with Gasteiger partial charge in [0.25, 0.3) is 0 Å². The normalized spacial score (nSPS) is 19.1. The van der Waals surface area contributed by atoms with Gasteiger partial charge in [-0.2, -0.15) is 0 Å². The van der Waals surface area contributed by atoms with Gasteiger partial charge in [0.15, 0.2) is 0 Å². The SMILES string of the molecule is Nc1cc(F)cc(F)c1CNC1CC(=O)NC1=O. The number of nitrogens with two attached hydrogens (primary N) is 1. The molecule has 0 spiro atoms. The summed E-state index contributed by atoms with van der Waals surface area (Å²) in [5.41, 5.74) is 5.52. The van der Waals surface area contributed by atoms with Gasteiger partial charge in [0, 0.05) is 23.9 Å². The van der Waals surface area contributed by atoms with E-state index in [1.54, 1.807) is 0 Å². The number of nitrogens with one attached hydrogen (secondary N) is 2. The average Bonchev–Trinajstić information content (AvgIpc) is 2.55. The Balaban J connectivity index is 2.07. The summed E-state index contributed by atoms with van der Waals surface area (Å²) < 4.78 is 26.2. The predicted octanol–water partition coefficient (Wildman–Crippen LogP) is 0.0517. The van der Waals surface area contributed by atoms with Gasteiger partial charge in [-0.15, -0.1) is 0 Å². The molecule has 0 aromatic heterocycles. The summed E-state index contributed by atoms with van der Waals surface area (Å²) in [6, 6.07) is 1.01. The molecule has 0 aliphatic carbocycles. The first-order chi connectivity index (χ1) is 8.47. The van der Waals surface area contributed by atoms with Crippen LogP contribution in [0.4, 0.5) is 14.5 Å². The van der Waals surface area contributed by atoms with E-state index in [0.717, 1.165) is 6.07 Å². The van der Waals surface area contributed by atoms with E-state index in [4.69, 9.17) is 5.73 Å². The van der Waals surface area contributed by atoms with E-state index in [-0.39, 0.29) is 30.1 Å². The molecule has 2 rings (SSSR count). The number of hydrogen-bond acceptors (Lipinski definition) is 4. The molecule has 0 saturated carbocycles. The Morgan fingerprint density at radius 1 is 1.39 bits per heavy atom. The Kier molecular flexibility index (Phi) is 3.24. The van der Waals surface area contributed by atoms with E-state index < -0.39 is 23.6 Å². The average molecular weight is 255 g/mol. The van der Waals surface area contributed by atoms with Crippen LogP contribution in [-0.4, -0.2) is 17.9 Å². The number of halogens is 2. The second-order valence-electron chi connectivity index (χ2n) is 4.01. The van der Waals surface area contributed by atoms with Crippen LogP contribution < -0.4 is 16.4 Å². The quantitative estimate of drug-likeness (QED) is 0.526. The van der Waals surface area contributed by atoms with E-state index in [0.29, 0.717) is 6.07 Å². The van der Waals surface area contributed by atoms with E-state index in [1.165, 1.54) is 0 Å². The molecule has 5 nitrogen and oxygen atoms in total. The highest BCUT2D eigenvalue weighted by Crippen LogP contribution is 2.18. The van der Waals surface area contributed by atoms with Gasteiger partial charge in [0.1, 0.15) is 11.6 Å². The smallest absolute Gasteiger partial charge is 0.244 e. The number of carbonyl (C=O) groups excluding carboxylic acids is 2. The monoisotopic (exact) mass is 255 g/mol. The molecule has 1 atom stereocenters. The maximum absolute atomic E-state index is 13.4. The van der Waals surface area contributed by atoms with Gasteiger partial charge in [0.2, 0.25) is 11.8 Å². The fourth-order valence-electron chi connectivity index (χ4n) is 1.75. The summed E-state index contributed by atoms with van der Waals surface area (Å²) in [6.45, 7) is -0.0523. The molecule has 7 heteroatoms. The fourth-order valence-corrected chi connectivity index (χ4v) is 1.75. The first kappa shape index (κ1) is 12.4. The number of imide groups is 1. The Bertz CT molecular complexity index is 496. The van der Waals surface area contributed by atoms with Gasteiger partial charge >= 0.3 is 0 Å². The molecule has 4 N–H and O–H groups in total. The van der Waals surface area contributed by atoms with Crippen LogP contribution >= 0.6 is 0 Å². The summed E-state index contributed by atoms with van der Waals surface area (Å²) >= 11 is 0. The second kappa shape index (κ2) is 4.69. The summed E-state index contributed by atoms with van der Waals surface area (Å²) in [5, 5.41) is 4.82. The lowest BCUT2D eigenvalue weighted by molar-refractivity contribution is -0.125. The van der Waals surface area contributed by atoms with Gasteiger partial charge in [-0.25, -0.2) is 8.78 Å². The molecule has 1 fully saturated rings. The van der Waals surface area contributed by atoms with Crippen LogP contribution in [0.2, 0.25) is 0 Å². The Morgan fingerprint density at radius 3 is 2.67 bits per heavy atom. The number of rotatable bonds is 3. The highest BCUT2D eigenvalue weighted by atomic mass is 19.1. The van der Waals surface area contributed by atoms with Gasteiger partial charge in [-0.3, -0.25) is 14.9 Å². The first-order valence-electron chi connectivity index (χ1n) is 5.28. The lowest BCUT2D eigenvalue weighted by atomic mass is 10.1. The van der Waals surface area contributed by atoms with Gasteiger partial charge in [-0.1, -0.05) is 0 Å². The molecule has 1 unspecified atom stereocenters. The molecule has 0 radical (unpaired) electrons. The van der Waals surface area contributed by atoms with Crippen molar-refractivity contribution in [2.45, 2.75) is 19.0 Å². The molecule has 96 valence electrons. The Morgan fingerprint density at radius 2 is 2.11 bits per heavy atom. The molecule has 1 aliphatic rings. The minimum absolute atomic E-state index is 0.00154. The van der Waals surface area contributed by atoms with Crippen molar-refractivity contribution in [2.24, 2.45) is 0 Å². The van der Waals surface area contributed by atoms with Crippen molar-refractivity contribution in [2.75, 3.05) is 5.73 Å². The number of carbonyl (C=O) groups is 2. The highest BCUT2D eigenvalue weighted by Gasteiger charge is 2.30. The zero-order valence-corrected chi connectivity index (χ0v) is 9.30. The third-order valence-electron chi connectivity index (χ3n) is 2.69. The molecule has 1 aromatic carbocycles. The molecular weight excluding hydrogens is 244 g/mol. The molecule has 1 heterocycles. The van der Waals surface area contributed by atoms with Crippen LogP contribution in [0.5, 0.6) is 0 Å². The zero-order valence-electron chi connectivity index (χ0n) is 9.30. The Labute approximate surface area is 101 Å². The van der Waals surface area contributed by atoms with Crippen LogP contribution in [0, 0.1) is 11.6 Å². The largest absolute Gasteiger partial charge is 0.398 e. The van der Waals surface area contributed by atoms with Crippen LogP contribution in [0.25, 0.3) is 0 Å².